The molecule has 1 aliphatic heterocycles. The first-order valence-corrected chi connectivity index (χ1v) is 5.79. The molecule has 0 aromatic heterocycles. The molecule has 0 atom stereocenters. The fourth-order valence-electron chi connectivity index (χ4n) is 2.12. The number of piperidine rings is 1. The molecule has 0 unspecified atom stereocenters. The van der Waals surface area contributed by atoms with E-state index >= 15 is 0 Å². The summed E-state index contributed by atoms with van der Waals surface area (Å²) in [6.07, 6.45) is 3.94. The van der Waals surface area contributed by atoms with E-state index in [0.29, 0.717) is 19.0 Å². The summed E-state index contributed by atoms with van der Waals surface area (Å²) >= 11 is 0. The SMILES string of the molecule is O=C(O)CCCCC1CCN(C(=O)O)CC1. The van der Waals surface area contributed by atoms with Crippen LogP contribution in [0.15, 0.2) is 0 Å². The Kier molecular flexibility index (Phi) is 5.08. The maximum Gasteiger partial charge on any atom is 0.407 e. The molecule has 1 fully saturated rings. The zero-order chi connectivity index (χ0) is 12.0. The maximum atomic E-state index is 10.7. The van der Waals surface area contributed by atoms with Gasteiger partial charge in [0.15, 0.2) is 0 Å². The minimum atomic E-state index is -0.829. The highest BCUT2D eigenvalue weighted by molar-refractivity contribution is 5.66. The molecule has 0 aromatic carbocycles. The molecule has 1 saturated heterocycles. The van der Waals surface area contributed by atoms with E-state index in [1.165, 1.54) is 4.90 Å². The Labute approximate surface area is 95.1 Å². The molecule has 92 valence electrons. The van der Waals surface area contributed by atoms with E-state index in [9.17, 15) is 9.59 Å². The predicted molar refractivity (Wildman–Crippen MR) is 58.4 cm³/mol. The molecule has 1 aliphatic rings. The van der Waals surface area contributed by atoms with Crippen molar-refractivity contribution in [3.8, 4) is 0 Å². The van der Waals surface area contributed by atoms with Gasteiger partial charge in [-0.2, -0.15) is 0 Å². The quantitative estimate of drug-likeness (QED) is 0.707. The molecule has 1 heterocycles. The summed E-state index contributed by atoms with van der Waals surface area (Å²) in [6.45, 7) is 1.25. The molecule has 0 spiro atoms. The summed E-state index contributed by atoms with van der Waals surface area (Å²) in [5, 5.41) is 17.2. The zero-order valence-electron chi connectivity index (χ0n) is 9.39. The summed E-state index contributed by atoms with van der Waals surface area (Å²) in [6, 6.07) is 0. The van der Waals surface area contributed by atoms with E-state index < -0.39 is 12.1 Å². The largest absolute Gasteiger partial charge is 0.481 e. The number of hydrogen-bond acceptors (Lipinski definition) is 2. The molecule has 0 radical (unpaired) electrons. The number of nitrogens with zero attached hydrogens (tertiary/aromatic N) is 1. The Hall–Kier alpha value is -1.26. The molecule has 0 saturated carbocycles. The average Bonchev–Trinajstić information content (AvgIpc) is 2.25. The number of carboxylic acids is 1. The molecule has 1 rings (SSSR count). The molecule has 1 amide bonds. The van der Waals surface area contributed by atoms with Crippen LogP contribution in [0.25, 0.3) is 0 Å². The van der Waals surface area contributed by atoms with Crippen molar-refractivity contribution in [2.45, 2.75) is 38.5 Å². The van der Waals surface area contributed by atoms with E-state index in [-0.39, 0.29) is 6.42 Å². The van der Waals surface area contributed by atoms with Crippen molar-refractivity contribution in [3.63, 3.8) is 0 Å². The standard InChI is InChI=1S/C11H19NO4/c13-10(14)4-2-1-3-9-5-7-12(8-6-9)11(15)16/h9H,1-8H2,(H,13,14)(H,15,16). The van der Waals surface area contributed by atoms with E-state index in [1.807, 2.05) is 0 Å². The van der Waals surface area contributed by atoms with Crippen LogP contribution in [0.5, 0.6) is 0 Å². The number of amides is 1. The normalized spacial score (nSPS) is 17.4. The van der Waals surface area contributed by atoms with Crippen LogP contribution in [0, 0.1) is 5.92 Å². The van der Waals surface area contributed by atoms with Crippen LogP contribution >= 0.6 is 0 Å². The third-order valence-corrected chi connectivity index (χ3v) is 3.14. The third kappa shape index (κ3) is 4.51. The van der Waals surface area contributed by atoms with Gasteiger partial charge in [-0.25, -0.2) is 4.79 Å². The minimum absolute atomic E-state index is 0.244. The second-order valence-electron chi connectivity index (χ2n) is 4.35. The van der Waals surface area contributed by atoms with E-state index in [0.717, 1.165) is 32.1 Å². The maximum absolute atomic E-state index is 10.7. The van der Waals surface area contributed by atoms with Crippen LogP contribution in [0.4, 0.5) is 4.79 Å². The van der Waals surface area contributed by atoms with Crippen molar-refractivity contribution < 1.29 is 19.8 Å². The highest BCUT2D eigenvalue weighted by atomic mass is 16.4. The molecule has 0 bridgehead atoms. The van der Waals surface area contributed by atoms with Gasteiger partial charge in [0.25, 0.3) is 0 Å². The van der Waals surface area contributed by atoms with Crippen LogP contribution in [0.3, 0.4) is 0 Å². The van der Waals surface area contributed by atoms with Gasteiger partial charge in [0, 0.05) is 19.5 Å². The van der Waals surface area contributed by atoms with Crippen molar-refractivity contribution >= 4 is 12.1 Å². The van der Waals surface area contributed by atoms with E-state index in [1.54, 1.807) is 0 Å². The van der Waals surface area contributed by atoms with E-state index in [2.05, 4.69) is 0 Å². The lowest BCUT2D eigenvalue weighted by atomic mass is 9.91. The zero-order valence-corrected chi connectivity index (χ0v) is 9.39. The molecular weight excluding hydrogens is 210 g/mol. The number of rotatable bonds is 5. The number of likely N-dealkylation sites (tertiary alicyclic amines) is 1. The Balaban J connectivity index is 2.08. The van der Waals surface area contributed by atoms with Gasteiger partial charge in [-0.05, 0) is 25.2 Å². The fraction of sp³-hybridized carbons (Fsp3) is 0.818. The second kappa shape index (κ2) is 6.35. The summed E-state index contributed by atoms with van der Waals surface area (Å²) in [5.41, 5.74) is 0. The monoisotopic (exact) mass is 229 g/mol. The molecular formula is C11H19NO4. The topological polar surface area (TPSA) is 77.8 Å². The highest BCUT2D eigenvalue weighted by Gasteiger charge is 2.21. The summed E-state index contributed by atoms with van der Waals surface area (Å²) in [4.78, 5) is 22.4. The van der Waals surface area contributed by atoms with Crippen LogP contribution in [0.1, 0.15) is 38.5 Å². The first-order valence-electron chi connectivity index (χ1n) is 5.79. The number of hydrogen-bond donors (Lipinski definition) is 2. The minimum Gasteiger partial charge on any atom is -0.481 e. The molecule has 0 aliphatic carbocycles. The fourth-order valence-corrected chi connectivity index (χ4v) is 2.12. The summed E-state index contributed by atoms with van der Waals surface area (Å²) in [7, 11) is 0. The predicted octanol–water partition coefficient (Wildman–Crippen LogP) is 2.02. The van der Waals surface area contributed by atoms with Gasteiger partial charge in [0.05, 0.1) is 0 Å². The van der Waals surface area contributed by atoms with Crippen molar-refractivity contribution in [2.24, 2.45) is 5.92 Å². The van der Waals surface area contributed by atoms with Crippen molar-refractivity contribution in [1.29, 1.82) is 0 Å². The smallest absolute Gasteiger partial charge is 0.407 e. The van der Waals surface area contributed by atoms with Gasteiger partial charge >= 0.3 is 12.1 Å². The lowest BCUT2D eigenvalue weighted by Crippen LogP contribution is -2.37. The number of aliphatic carboxylic acids is 1. The number of unbranched alkanes of at least 4 members (excludes halogenated alkanes) is 1. The van der Waals surface area contributed by atoms with Crippen molar-refractivity contribution in [1.82, 2.24) is 4.90 Å². The molecule has 16 heavy (non-hydrogen) atoms. The van der Waals surface area contributed by atoms with E-state index in [4.69, 9.17) is 10.2 Å². The molecule has 5 heteroatoms. The van der Waals surface area contributed by atoms with Crippen LogP contribution < -0.4 is 0 Å². The Morgan fingerprint density at radius 2 is 1.75 bits per heavy atom. The number of carboxylic acid groups (broad SMARTS) is 2. The molecule has 5 nitrogen and oxygen atoms in total. The Morgan fingerprint density at radius 1 is 1.12 bits per heavy atom. The van der Waals surface area contributed by atoms with Gasteiger partial charge in [-0.15, -0.1) is 0 Å². The summed E-state index contributed by atoms with van der Waals surface area (Å²) < 4.78 is 0. The van der Waals surface area contributed by atoms with Crippen LogP contribution in [-0.2, 0) is 4.79 Å². The average molecular weight is 229 g/mol. The van der Waals surface area contributed by atoms with Crippen molar-refractivity contribution in [3.05, 3.63) is 0 Å². The third-order valence-electron chi connectivity index (χ3n) is 3.14. The lowest BCUT2D eigenvalue weighted by Gasteiger charge is -2.29. The number of carbonyl (C=O) groups is 2. The highest BCUT2D eigenvalue weighted by Crippen LogP contribution is 2.22. The first kappa shape index (κ1) is 12.8. The van der Waals surface area contributed by atoms with Gasteiger partial charge in [-0.3, -0.25) is 4.79 Å². The Bertz CT molecular complexity index is 246. The van der Waals surface area contributed by atoms with Crippen LogP contribution in [-0.4, -0.2) is 40.3 Å². The van der Waals surface area contributed by atoms with Gasteiger partial charge in [0.2, 0.25) is 0 Å². The van der Waals surface area contributed by atoms with Gasteiger partial charge in [-0.1, -0.05) is 12.8 Å². The first-order chi connectivity index (χ1) is 7.59. The summed E-state index contributed by atoms with van der Waals surface area (Å²) in [5.74, 6) is -0.162. The molecule has 2 N–H and O–H groups in total. The lowest BCUT2D eigenvalue weighted by molar-refractivity contribution is -0.137. The Morgan fingerprint density at radius 3 is 2.25 bits per heavy atom. The van der Waals surface area contributed by atoms with Gasteiger partial charge in [0.1, 0.15) is 0 Å². The van der Waals surface area contributed by atoms with Crippen LogP contribution in [0.2, 0.25) is 0 Å². The molecule has 0 aromatic rings. The van der Waals surface area contributed by atoms with Gasteiger partial charge < -0.3 is 15.1 Å². The second-order valence-corrected chi connectivity index (χ2v) is 4.35. The van der Waals surface area contributed by atoms with Crippen molar-refractivity contribution in [2.75, 3.05) is 13.1 Å².